The summed E-state index contributed by atoms with van der Waals surface area (Å²) in [6.45, 7) is 2.02. The summed E-state index contributed by atoms with van der Waals surface area (Å²) in [5, 5.41) is 8.13. The predicted molar refractivity (Wildman–Crippen MR) is 67.7 cm³/mol. The number of rotatable bonds is 2. The topological polar surface area (TPSA) is 51.8 Å². The maximum Gasteiger partial charge on any atom is 0.249 e. The monoisotopic (exact) mass is 237 g/mol. The summed E-state index contributed by atoms with van der Waals surface area (Å²) in [7, 11) is 0. The van der Waals surface area contributed by atoms with Gasteiger partial charge in [-0.25, -0.2) is 0 Å². The van der Waals surface area contributed by atoms with E-state index < -0.39 is 0 Å². The van der Waals surface area contributed by atoms with Gasteiger partial charge < -0.3 is 4.42 Å². The van der Waals surface area contributed by atoms with Crippen LogP contribution in [0.4, 0.5) is 0 Å². The minimum Gasteiger partial charge on any atom is -0.416 e. The second-order valence-electron chi connectivity index (χ2n) is 3.97. The number of hydrogen-bond donors (Lipinski definition) is 0. The first kappa shape index (κ1) is 10.7. The van der Waals surface area contributed by atoms with E-state index in [4.69, 9.17) is 4.42 Å². The van der Waals surface area contributed by atoms with Gasteiger partial charge in [0.25, 0.3) is 0 Å². The van der Waals surface area contributed by atoms with E-state index in [0.717, 1.165) is 16.7 Å². The lowest BCUT2D eigenvalue weighted by molar-refractivity contribution is 0.584. The zero-order valence-corrected chi connectivity index (χ0v) is 9.87. The van der Waals surface area contributed by atoms with Crippen molar-refractivity contribution in [3.63, 3.8) is 0 Å². The third-order valence-electron chi connectivity index (χ3n) is 2.71. The Hall–Kier alpha value is -2.49. The number of aryl methyl sites for hydroxylation is 1. The Balaban J connectivity index is 2.03. The van der Waals surface area contributed by atoms with Crippen molar-refractivity contribution in [1.82, 2.24) is 15.2 Å². The van der Waals surface area contributed by atoms with Crippen molar-refractivity contribution in [2.24, 2.45) is 0 Å². The summed E-state index contributed by atoms with van der Waals surface area (Å²) in [6.07, 6.45) is 3.41. The van der Waals surface area contributed by atoms with Crippen molar-refractivity contribution in [1.29, 1.82) is 0 Å². The number of benzene rings is 1. The molecule has 0 aliphatic rings. The Labute approximate surface area is 104 Å². The van der Waals surface area contributed by atoms with Gasteiger partial charge in [-0.3, -0.25) is 4.98 Å². The van der Waals surface area contributed by atoms with Crippen LogP contribution < -0.4 is 0 Å². The van der Waals surface area contributed by atoms with Gasteiger partial charge in [0.2, 0.25) is 11.8 Å². The minimum atomic E-state index is 0.487. The summed E-state index contributed by atoms with van der Waals surface area (Å²) in [5.74, 6) is 1.02. The lowest BCUT2D eigenvalue weighted by atomic mass is 10.1. The number of aromatic nitrogens is 3. The zero-order chi connectivity index (χ0) is 12.4. The summed E-state index contributed by atoms with van der Waals surface area (Å²) in [5.41, 5.74) is 2.89. The average molecular weight is 237 g/mol. The fourth-order valence-corrected chi connectivity index (χ4v) is 1.75. The average Bonchev–Trinajstić information content (AvgIpc) is 2.90. The van der Waals surface area contributed by atoms with Crippen LogP contribution in [-0.2, 0) is 0 Å². The molecule has 0 aliphatic heterocycles. The van der Waals surface area contributed by atoms with Crippen molar-refractivity contribution in [3.8, 4) is 22.9 Å². The third-order valence-corrected chi connectivity index (χ3v) is 2.71. The molecule has 0 saturated carbocycles. The molecule has 2 aromatic heterocycles. The highest BCUT2D eigenvalue weighted by Crippen LogP contribution is 2.25. The molecule has 0 atom stereocenters. The molecule has 3 aromatic rings. The molecule has 0 radical (unpaired) electrons. The molecule has 0 fully saturated rings. The minimum absolute atomic E-state index is 0.487. The molecule has 0 amide bonds. The first-order valence-electron chi connectivity index (χ1n) is 5.64. The van der Waals surface area contributed by atoms with Crippen molar-refractivity contribution in [2.75, 3.05) is 0 Å². The predicted octanol–water partition coefficient (Wildman–Crippen LogP) is 3.11. The van der Waals surface area contributed by atoms with Gasteiger partial charge >= 0.3 is 0 Å². The van der Waals surface area contributed by atoms with E-state index in [1.165, 1.54) is 0 Å². The lowest BCUT2D eigenvalue weighted by Crippen LogP contribution is -1.81. The Morgan fingerprint density at radius 3 is 2.56 bits per heavy atom. The van der Waals surface area contributed by atoms with Crippen LogP contribution in [0.2, 0.25) is 0 Å². The van der Waals surface area contributed by atoms with Crippen LogP contribution in [0.5, 0.6) is 0 Å². The molecule has 0 aliphatic carbocycles. The van der Waals surface area contributed by atoms with Gasteiger partial charge in [0, 0.05) is 18.0 Å². The van der Waals surface area contributed by atoms with Crippen LogP contribution >= 0.6 is 0 Å². The second kappa shape index (κ2) is 4.41. The molecule has 0 spiro atoms. The van der Waals surface area contributed by atoms with Gasteiger partial charge in [0.15, 0.2) is 0 Å². The molecule has 0 N–H and O–H groups in total. The van der Waals surface area contributed by atoms with E-state index in [2.05, 4.69) is 15.2 Å². The molecule has 88 valence electrons. The van der Waals surface area contributed by atoms with Crippen molar-refractivity contribution < 1.29 is 4.42 Å². The van der Waals surface area contributed by atoms with Crippen LogP contribution in [0.1, 0.15) is 5.56 Å². The van der Waals surface area contributed by atoms with Gasteiger partial charge in [0.05, 0.1) is 5.56 Å². The van der Waals surface area contributed by atoms with E-state index >= 15 is 0 Å². The highest BCUT2D eigenvalue weighted by molar-refractivity contribution is 5.60. The van der Waals surface area contributed by atoms with E-state index in [-0.39, 0.29) is 0 Å². The number of nitrogens with zero attached hydrogens (tertiary/aromatic N) is 3. The fourth-order valence-electron chi connectivity index (χ4n) is 1.75. The largest absolute Gasteiger partial charge is 0.416 e. The molecule has 4 heteroatoms. The maximum atomic E-state index is 5.67. The molecule has 0 unspecified atom stereocenters. The van der Waals surface area contributed by atoms with E-state index in [1.807, 2.05) is 43.3 Å². The van der Waals surface area contributed by atoms with Gasteiger partial charge in [0.1, 0.15) is 0 Å². The molecular weight excluding hydrogens is 226 g/mol. The van der Waals surface area contributed by atoms with Crippen molar-refractivity contribution in [3.05, 3.63) is 54.4 Å². The highest BCUT2D eigenvalue weighted by atomic mass is 16.4. The van der Waals surface area contributed by atoms with Crippen molar-refractivity contribution >= 4 is 0 Å². The van der Waals surface area contributed by atoms with E-state index in [1.54, 1.807) is 12.4 Å². The molecule has 4 nitrogen and oxygen atoms in total. The Morgan fingerprint density at radius 1 is 0.944 bits per heavy atom. The van der Waals surface area contributed by atoms with E-state index in [9.17, 15) is 0 Å². The summed E-state index contributed by atoms with van der Waals surface area (Å²) in [6, 6.07) is 11.7. The summed E-state index contributed by atoms with van der Waals surface area (Å²) < 4.78 is 5.67. The van der Waals surface area contributed by atoms with Gasteiger partial charge in [-0.1, -0.05) is 18.2 Å². The smallest absolute Gasteiger partial charge is 0.249 e. The first-order chi connectivity index (χ1) is 8.84. The van der Waals surface area contributed by atoms with Gasteiger partial charge in [-0.05, 0) is 30.7 Å². The molecule has 1 aromatic carbocycles. The van der Waals surface area contributed by atoms with Gasteiger partial charge in [-0.15, -0.1) is 10.2 Å². The second-order valence-corrected chi connectivity index (χ2v) is 3.97. The van der Waals surface area contributed by atoms with Gasteiger partial charge in [-0.2, -0.15) is 0 Å². The van der Waals surface area contributed by atoms with E-state index in [0.29, 0.717) is 11.8 Å². The van der Waals surface area contributed by atoms with Crippen LogP contribution in [0.25, 0.3) is 22.9 Å². The normalized spacial score (nSPS) is 10.5. The molecule has 2 heterocycles. The SMILES string of the molecule is Cc1ccccc1-c1nnc(-c2cccnc2)o1. The molecule has 18 heavy (non-hydrogen) atoms. The molecule has 3 rings (SSSR count). The van der Waals surface area contributed by atoms with Crippen LogP contribution in [0.3, 0.4) is 0 Å². The lowest BCUT2D eigenvalue weighted by Gasteiger charge is -1.98. The Bertz CT molecular complexity index is 662. The molecule has 0 bridgehead atoms. The zero-order valence-electron chi connectivity index (χ0n) is 9.87. The highest BCUT2D eigenvalue weighted by Gasteiger charge is 2.11. The Kier molecular flexibility index (Phi) is 2.61. The van der Waals surface area contributed by atoms with Crippen LogP contribution in [-0.4, -0.2) is 15.2 Å². The number of hydrogen-bond acceptors (Lipinski definition) is 4. The summed E-state index contributed by atoms with van der Waals surface area (Å²) >= 11 is 0. The van der Waals surface area contributed by atoms with Crippen molar-refractivity contribution in [2.45, 2.75) is 6.92 Å². The molecular formula is C14H11N3O. The summed E-state index contributed by atoms with van der Waals surface area (Å²) in [4.78, 5) is 4.03. The quantitative estimate of drug-likeness (QED) is 0.687. The maximum absolute atomic E-state index is 5.67. The van der Waals surface area contributed by atoms with Crippen LogP contribution in [0.15, 0.2) is 53.2 Å². The fraction of sp³-hybridized carbons (Fsp3) is 0.0714. The van der Waals surface area contributed by atoms with Crippen LogP contribution in [0, 0.1) is 6.92 Å². The Morgan fingerprint density at radius 2 is 1.78 bits per heavy atom. The standard InChI is InChI=1S/C14H11N3O/c1-10-5-2-3-7-12(10)14-17-16-13(18-14)11-6-4-8-15-9-11/h2-9H,1H3. The third kappa shape index (κ3) is 1.88. The first-order valence-corrected chi connectivity index (χ1v) is 5.64. The molecule has 0 saturated heterocycles. The number of pyridine rings is 1.